The van der Waals surface area contributed by atoms with E-state index in [-0.39, 0.29) is 10.7 Å². The van der Waals surface area contributed by atoms with Crippen LogP contribution in [0.1, 0.15) is 5.69 Å². The molecule has 0 saturated carbocycles. The molecule has 5 nitrogen and oxygen atoms in total. The first kappa shape index (κ1) is 16.2. The minimum absolute atomic E-state index is 0.286. The molecule has 3 aromatic rings. The van der Waals surface area contributed by atoms with Gasteiger partial charge in [0.2, 0.25) is 0 Å². The van der Waals surface area contributed by atoms with Crippen LogP contribution in [0, 0.1) is 5.82 Å². The molecule has 0 aliphatic heterocycles. The van der Waals surface area contributed by atoms with E-state index in [1.165, 1.54) is 18.4 Å². The number of nitrogens with zero attached hydrogens (tertiary/aromatic N) is 2. The number of benzene rings is 2. The molecule has 0 spiro atoms. The Labute approximate surface area is 139 Å². The molecule has 1 N–H and O–H groups in total. The molecule has 24 heavy (non-hydrogen) atoms. The smallest absolute Gasteiger partial charge is 0.175 e. The molecule has 0 aliphatic carbocycles. The van der Waals surface area contributed by atoms with E-state index in [1.807, 2.05) is 6.07 Å². The van der Waals surface area contributed by atoms with Crippen molar-refractivity contribution >= 4 is 15.5 Å². The van der Waals surface area contributed by atoms with Crippen LogP contribution in [0.2, 0.25) is 0 Å². The molecule has 3 rings (SSSR count). The largest absolute Gasteiger partial charge is 0.379 e. The van der Waals surface area contributed by atoms with E-state index in [9.17, 15) is 12.8 Å². The summed E-state index contributed by atoms with van der Waals surface area (Å²) in [5.74, 6) is -0.287. The third-order valence-corrected chi connectivity index (χ3v) is 4.62. The number of anilines is 1. The average molecular weight is 345 g/mol. The first-order valence-corrected chi connectivity index (χ1v) is 9.15. The maximum atomic E-state index is 12.9. The van der Waals surface area contributed by atoms with Gasteiger partial charge in [-0.1, -0.05) is 0 Å². The summed E-state index contributed by atoms with van der Waals surface area (Å²) in [5.41, 5.74) is 2.39. The normalized spacial score (nSPS) is 11.4. The Kier molecular flexibility index (Phi) is 4.35. The minimum Gasteiger partial charge on any atom is -0.379 e. The third-order valence-electron chi connectivity index (χ3n) is 3.49. The fourth-order valence-electron chi connectivity index (χ4n) is 2.21. The van der Waals surface area contributed by atoms with Crippen LogP contribution >= 0.6 is 0 Å². The van der Waals surface area contributed by atoms with E-state index >= 15 is 0 Å². The van der Waals surface area contributed by atoms with Gasteiger partial charge in [0.15, 0.2) is 9.84 Å². The lowest BCUT2D eigenvalue weighted by Crippen LogP contribution is -2.03. The minimum atomic E-state index is -3.19. The predicted octanol–water partition coefficient (Wildman–Crippen LogP) is 3.03. The van der Waals surface area contributed by atoms with Crippen LogP contribution in [0.15, 0.2) is 65.7 Å². The van der Waals surface area contributed by atoms with Gasteiger partial charge in [-0.05, 0) is 54.6 Å². The summed E-state index contributed by atoms with van der Waals surface area (Å²) in [5, 5.41) is 7.60. The fourth-order valence-corrected chi connectivity index (χ4v) is 2.84. The molecule has 0 amide bonds. The molecule has 1 heterocycles. The number of sulfone groups is 1. The highest BCUT2D eigenvalue weighted by atomic mass is 32.2. The number of aromatic nitrogens is 2. The number of hydrogen-bond acceptors (Lipinski definition) is 4. The quantitative estimate of drug-likeness (QED) is 0.772. The van der Waals surface area contributed by atoms with Gasteiger partial charge in [0.1, 0.15) is 5.82 Å². The summed E-state index contributed by atoms with van der Waals surface area (Å²) in [7, 11) is -3.19. The van der Waals surface area contributed by atoms with Gasteiger partial charge < -0.3 is 5.32 Å². The lowest BCUT2D eigenvalue weighted by molar-refractivity contribution is 0.602. The fraction of sp³-hybridized carbons (Fsp3) is 0.118. The molecule has 0 fully saturated rings. The molecule has 1 aromatic heterocycles. The van der Waals surface area contributed by atoms with Crippen LogP contribution in [-0.4, -0.2) is 24.5 Å². The summed E-state index contributed by atoms with van der Waals surface area (Å²) in [6.45, 7) is 0.492. The SMILES string of the molecule is CS(=O)(=O)c1ccc(NCc2ccn(-c3ccc(F)cc3)n2)cc1. The van der Waals surface area contributed by atoms with E-state index in [2.05, 4.69) is 10.4 Å². The maximum Gasteiger partial charge on any atom is 0.175 e. The molecule has 124 valence electrons. The van der Waals surface area contributed by atoms with Crippen LogP contribution < -0.4 is 5.32 Å². The Hall–Kier alpha value is -2.67. The second-order valence-corrected chi connectivity index (χ2v) is 7.39. The van der Waals surface area contributed by atoms with E-state index < -0.39 is 9.84 Å². The molecule has 0 aliphatic rings. The van der Waals surface area contributed by atoms with Gasteiger partial charge in [-0.2, -0.15) is 5.10 Å². The summed E-state index contributed by atoms with van der Waals surface area (Å²) < 4.78 is 37.5. The van der Waals surface area contributed by atoms with Crippen molar-refractivity contribution in [3.05, 3.63) is 72.3 Å². The molecule has 0 bridgehead atoms. The summed E-state index contributed by atoms with van der Waals surface area (Å²) >= 11 is 0. The zero-order valence-electron chi connectivity index (χ0n) is 13.0. The van der Waals surface area contributed by atoms with E-state index in [0.29, 0.717) is 6.54 Å². The Morgan fingerprint density at radius 2 is 1.71 bits per heavy atom. The monoisotopic (exact) mass is 345 g/mol. The van der Waals surface area contributed by atoms with E-state index in [4.69, 9.17) is 0 Å². The van der Waals surface area contributed by atoms with E-state index in [1.54, 1.807) is 47.3 Å². The number of halogens is 1. The molecule has 0 saturated heterocycles. The zero-order chi connectivity index (χ0) is 17.2. The average Bonchev–Trinajstić information content (AvgIpc) is 3.02. The van der Waals surface area contributed by atoms with Crippen molar-refractivity contribution in [2.45, 2.75) is 11.4 Å². The molecule has 0 unspecified atom stereocenters. The molecular formula is C17H16FN3O2S. The first-order chi connectivity index (χ1) is 11.4. The van der Waals surface area contributed by atoms with Gasteiger partial charge >= 0.3 is 0 Å². The van der Waals surface area contributed by atoms with Gasteiger partial charge in [0.25, 0.3) is 0 Å². The molecular weight excluding hydrogens is 329 g/mol. The second-order valence-electron chi connectivity index (χ2n) is 5.38. The Balaban J connectivity index is 1.66. The lowest BCUT2D eigenvalue weighted by atomic mass is 10.3. The highest BCUT2D eigenvalue weighted by Crippen LogP contribution is 2.15. The first-order valence-electron chi connectivity index (χ1n) is 7.26. The molecule has 7 heteroatoms. The van der Waals surface area contributed by atoms with Crippen molar-refractivity contribution in [3.8, 4) is 5.69 Å². The zero-order valence-corrected chi connectivity index (χ0v) is 13.8. The van der Waals surface area contributed by atoms with Crippen LogP contribution in [-0.2, 0) is 16.4 Å². The van der Waals surface area contributed by atoms with Crippen molar-refractivity contribution in [1.29, 1.82) is 0 Å². The summed E-state index contributed by atoms with van der Waals surface area (Å²) in [6.07, 6.45) is 2.98. The van der Waals surface area contributed by atoms with Crippen molar-refractivity contribution in [2.75, 3.05) is 11.6 Å². The Morgan fingerprint density at radius 3 is 2.33 bits per heavy atom. The van der Waals surface area contributed by atoms with Gasteiger partial charge in [-0.3, -0.25) is 0 Å². The van der Waals surface area contributed by atoms with Crippen molar-refractivity contribution in [1.82, 2.24) is 9.78 Å². The van der Waals surface area contributed by atoms with Crippen LogP contribution in [0.4, 0.5) is 10.1 Å². The van der Waals surface area contributed by atoms with Crippen molar-refractivity contribution < 1.29 is 12.8 Å². The highest BCUT2D eigenvalue weighted by molar-refractivity contribution is 7.90. The van der Waals surface area contributed by atoms with Gasteiger partial charge in [0.05, 0.1) is 22.8 Å². The summed E-state index contributed by atoms with van der Waals surface area (Å²) in [4.78, 5) is 0.286. The number of hydrogen-bond donors (Lipinski definition) is 1. The van der Waals surface area contributed by atoms with Gasteiger partial charge in [-0.25, -0.2) is 17.5 Å². The lowest BCUT2D eigenvalue weighted by Gasteiger charge is -2.05. The van der Waals surface area contributed by atoms with Gasteiger partial charge in [0, 0.05) is 18.1 Å². The topological polar surface area (TPSA) is 64.0 Å². The van der Waals surface area contributed by atoms with Gasteiger partial charge in [-0.15, -0.1) is 0 Å². The second kappa shape index (κ2) is 6.45. The Morgan fingerprint density at radius 1 is 1.04 bits per heavy atom. The molecule has 0 radical (unpaired) electrons. The maximum absolute atomic E-state index is 12.9. The van der Waals surface area contributed by atoms with Crippen molar-refractivity contribution in [2.24, 2.45) is 0 Å². The molecule has 2 aromatic carbocycles. The third kappa shape index (κ3) is 3.80. The predicted molar refractivity (Wildman–Crippen MR) is 90.4 cm³/mol. The van der Waals surface area contributed by atoms with E-state index in [0.717, 1.165) is 17.1 Å². The van der Waals surface area contributed by atoms with Crippen molar-refractivity contribution in [3.63, 3.8) is 0 Å². The summed E-state index contributed by atoms with van der Waals surface area (Å²) in [6, 6.07) is 14.5. The number of rotatable bonds is 5. The van der Waals surface area contributed by atoms with Crippen LogP contribution in [0.25, 0.3) is 5.69 Å². The molecule has 0 atom stereocenters. The number of nitrogens with one attached hydrogen (secondary N) is 1. The van der Waals surface area contributed by atoms with Crippen LogP contribution in [0.3, 0.4) is 0 Å². The Bertz CT molecular complexity index is 933. The highest BCUT2D eigenvalue weighted by Gasteiger charge is 2.06. The van der Waals surface area contributed by atoms with Crippen LogP contribution in [0.5, 0.6) is 0 Å². The standard InChI is InChI=1S/C17H16FN3O2S/c1-24(22,23)17-8-4-14(5-9-17)19-12-15-10-11-21(20-15)16-6-2-13(18)3-7-16/h2-11,19H,12H2,1H3.